The highest BCUT2D eigenvalue weighted by Gasteiger charge is 2.22. The van der Waals surface area contributed by atoms with Gasteiger partial charge in [-0.05, 0) is 12.1 Å². The minimum absolute atomic E-state index is 0.135. The zero-order valence-corrected chi connectivity index (χ0v) is 11.0. The Morgan fingerprint density at radius 3 is 2.89 bits per heavy atom. The predicted octanol–water partition coefficient (Wildman–Crippen LogP) is 2.55. The van der Waals surface area contributed by atoms with Crippen molar-refractivity contribution in [2.75, 3.05) is 0 Å². The minimum Gasteiger partial charge on any atom is -0.488 e. The third-order valence-corrected chi connectivity index (χ3v) is 2.73. The number of rotatable bonds is 2. The maximum absolute atomic E-state index is 10.8. The molecule has 3 rings (SSSR count). The maximum Gasteiger partial charge on any atom is 0.325 e. The second-order valence-electron chi connectivity index (χ2n) is 3.85. The van der Waals surface area contributed by atoms with Crippen LogP contribution in [0.3, 0.4) is 0 Å². The Bertz CT molecular complexity index is 590. The largest absolute Gasteiger partial charge is 0.488 e. The number of aliphatic carboxylic acids is 1. The topological polar surface area (TPSA) is 64.3 Å². The Kier molecular flexibility index (Phi) is 3.85. The number of hydrogen-bond acceptors (Lipinski definition) is 3. The summed E-state index contributed by atoms with van der Waals surface area (Å²) in [5.41, 5.74) is 2.66. The number of carboxylic acids is 1. The summed E-state index contributed by atoms with van der Waals surface area (Å²) in [6.45, 7) is 4.30. The van der Waals surface area contributed by atoms with Crippen molar-refractivity contribution in [3.8, 4) is 17.0 Å². The molecule has 0 fully saturated rings. The van der Waals surface area contributed by atoms with Crippen LogP contribution in [-0.2, 0) is 17.9 Å². The summed E-state index contributed by atoms with van der Waals surface area (Å²) in [4.78, 5) is 10.8. The smallest absolute Gasteiger partial charge is 0.325 e. The van der Waals surface area contributed by atoms with Crippen molar-refractivity contribution in [2.45, 2.75) is 27.0 Å². The summed E-state index contributed by atoms with van der Waals surface area (Å²) in [6.07, 6.45) is 1.66. The summed E-state index contributed by atoms with van der Waals surface area (Å²) in [5.74, 6) is -0.132. The van der Waals surface area contributed by atoms with Crippen LogP contribution in [0.15, 0.2) is 30.5 Å². The van der Waals surface area contributed by atoms with Gasteiger partial charge in [0.25, 0.3) is 0 Å². The van der Waals surface area contributed by atoms with Crippen molar-refractivity contribution in [2.24, 2.45) is 0 Å². The van der Waals surface area contributed by atoms with Crippen LogP contribution < -0.4 is 4.74 Å². The molecule has 5 heteroatoms. The van der Waals surface area contributed by atoms with Crippen LogP contribution in [0.4, 0.5) is 0 Å². The number of para-hydroxylation sites is 1. The second-order valence-corrected chi connectivity index (χ2v) is 3.85. The van der Waals surface area contributed by atoms with Gasteiger partial charge < -0.3 is 9.84 Å². The van der Waals surface area contributed by atoms with Crippen molar-refractivity contribution in [1.82, 2.24) is 9.78 Å². The average Bonchev–Trinajstić information content (AvgIpc) is 2.84. The summed E-state index contributed by atoms with van der Waals surface area (Å²) in [5, 5.41) is 12.9. The molecule has 0 bridgehead atoms. The first-order valence-corrected chi connectivity index (χ1v) is 6.24. The van der Waals surface area contributed by atoms with Gasteiger partial charge >= 0.3 is 5.97 Å². The molecule has 1 aromatic heterocycles. The molecule has 0 aliphatic carbocycles. The molecule has 5 nitrogen and oxygen atoms in total. The maximum atomic E-state index is 10.8. The Morgan fingerprint density at radius 2 is 2.16 bits per heavy atom. The molecule has 19 heavy (non-hydrogen) atoms. The highest BCUT2D eigenvalue weighted by Crippen LogP contribution is 2.36. The molecule has 0 atom stereocenters. The number of aromatic nitrogens is 2. The third-order valence-electron chi connectivity index (χ3n) is 2.73. The number of fused-ring (bicyclic) bond motifs is 3. The fraction of sp³-hybridized carbons (Fsp3) is 0.286. The molecule has 2 heterocycles. The van der Waals surface area contributed by atoms with E-state index in [9.17, 15) is 4.79 Å². The van der Waals surface area contributed by atoms with Crippen LogP contribution in [-0.4, -0.2) is 20.9 Å². The van der Waals surface area contributed by atoms with Crippen molar-refractivity contribution < 1.29 is 14.6 Å². The van der Waals surface area contributed by atoms with Crippen LogP contribution in [0.2, 0.25) is 0 Å². The molecular weight excluding hydrogens is 244 g/mol. The number of nitrogens with zero attached hydrogens (tertiary/aromatic N) is 2. The molecule has 0 saturated carbocycles. The Labute approximate surface area is 111 Å². The second kappa shape index (κ2) is 5.56. The molecule has 2 aromatic rings. The highest BCUT2D eigenvalue weighted by atomic mass is 16.5. The van der Waals surface area contributed by atoms with E-state index in [0.717, 1.165) is 22.6 Å². The van der Waals surface area contributed by atoms with Crippen LogP contribution >= 0.6 is 0 Å². The predicted molar refractivity (Wildman–Crippen MR) is 71.0 cm³/mol. The minimum atomic E-state index is -0.903. The van der Waals surface area contributed by atoms with Gasteiger partial charge in [-0.3, -0.25) is 9.48 Å². The van der Waals surface area contributed by atoms with E-state index in [1.165, 1.54) is 4.68 Å². The first-order valence-electron chi connectivity index (χ1n) is 6.24. The van der Waals surface area contributed by atoms with Gasteiger partial charge in [0.1, 0.15) is 18.9 Å². The Hall–Kier alpha value is -2.30. The van der Waals surface area contributed by atoms with Crippen LogP contribution in [0.1, 0.15) is 19.4 Å². The average molecular weight is 260 g/mol. The van der Waals surface area contributed by atoms with E-state index in [1.54, 1.807) is 6.20 Å². The van der Waals surface area contributed by atoms with Gasteiger partial charge in [0.05, 0.1) is 11.9 Å². The molecule has 0 radical (unpaired) electrons. The van der Waals surface area contributed by atoms with E-state index in [1.807, 2.05) is 38.1 Å². The van der Waals surface area contributed by atoms with Gasteiger partial charge in [0, 0.05) is 11.1 Å². The number of carboxylic acid groups (broad SMARTS) is 1. The van der Waals surface area contributed by atoms with E-state index >= 15 is 0 Å². The van der Waals surface area contributed by atoms with Crippen molar-refractivity contribution in [1.29, 1.82) is 0 Å². The first-order chi connectivity index (χ1) is 9.25. The van der Waals surface area contributed by atoms with Crippen molar-refractivity contribution in [3.05, 3.63) is 36.0 Å². The number of hydrogen-bond donors (Lipinski definition) is 1. The molecule has 0 spiro atoms. The van der Waals surface area contributed by atoms with Crippen LogP contribution in [0.5, 0.6) is 5.75 Å². The monoisotopic (exact) mass is 260 g/mol. The number of benzene rings is 1. The molecule has 1 aromatic carbocycles. The van der Waals surface area contributed by atoms with E-state index in [0.29, 0.717) is 6.61 Å². The fourth-order valence-corrected chi connectivity index (χ4v) is 2.03. The number of ether oxygens (including phenoxy) is 1. The summed E-state index contributed by atoms with van der Waals surface area (Å²) < 4.78 is 7.07. The van der Waals surface area contributed by atoms with Gasteiger partial charge in [-0.2, -0.15) is 5.10 Å². The third kappa shape index (κ3) is 2.45. The standard InChI is InChI=1S/C12H10N2O3.C2H6/c15-11(16)6-14-12-8(5-13-14)7-17-10-4-2-1-3-9(10)12;1-2/h1-5H,6-7H2,(H,15,16);1-2H3. The van der Waals surface area contributed by atoms with E-state index in [-0.39, 0.29) is 6.54 Å². The highest BCUT2D eigenvalue weighted by molar-refractivity contribution is 5.74. The van der Waals surface area contributed by atoms with Crippen LogP contribution in [0, 0.1) is 0 Å². The summed E-state index contributed by atoms with van der Waals surface area (Å²) in [7, 11) is 0. The lowest BCUT2D eigenvalue weighted by Crippen LogP contribution is -2.13. The lowest BCUT2D eigenvalue weighted by Gasteiger charge is -2.18. The normalized spacial score (nSPS) is 11.5. The molecule has 0 saturated heterocycles. The lowest BCUT2D eigenvalue weighted by molar-refractivity contribution is -0.137. The molecule has 1 aliphatic heterocycles. The first kappa shape index (κ1) is 13.1. The zero-order chi connectivity index (χ0) is 13.8. The van der Waals surface area contributed by atoms with Gasteiger partial charge in [-0.25, -0.2) is 0 Å². The van der Waals surface area contributed by atoms with E-state index in [4.69, 9.17) is 9.84 Å². The molecular formula is C14H16N2O3. The molecule has 100 valence electrons. The fourth-order valence-electron chi connectivity index (χ4n) is 2.03. The molecule has 1 aliphatic rings. The van der Waals surface area contributed by atoms with Crippen LogP contribution in [0.25, 0.3) is 11.3 Å². The van der Waals surface area contributed by atoms with Crippen molar-refractivity contribution in [3.63, 3.8) is 0 Å². The van der Waals surface area contributed by atoms with E-state index < -0.39 is 5.97 Å². The summed E-state index contributed by atoms with van der Waals surface area (Å²) >= 11 is 0. The van der Waals surface area contributed by atoms with Gasteiger partial charge in [0.15, 0.2) is 0 Å². The molecule has 1 N–H and O–H groups in total. The van der Waals surface area contributed by atoms with Crippen molar-refractivity contribution >= 4 is 5.97 Å². The van der Waals surface area contributed by atoms with Gasteiger partial charge in [-0.15, -0.1) is 0 Å². The van der Waals surface area contributed by atoms with E-state index in [2.05, 4.69) is 5.10 Å². The number of carbonyl (C=O) groups is 1. The molecule has 0 unspecified atom stereocenters. The molecule has 0 amide bonds. The Morgan fingerprint density at radius 1 is 1.42 bits per heavy atom. The van der Waals surface area contributed by atoms with Gasteiger partial charge in [-0.1, -0.05) is 26.0 Å². The quantitative estimate of drug-likeness (QED) is 0.901. The Balaban J connectivity index is 0.000000637. The summed E-state index contributed by atoms with van der Waals surface area (Å²) in [6, 6.07) is 7.57. The zero-order valence-electron chi connectivity index (χ0n) is 11.0. The van der Waals surface area contributed by atoms with Gasteiger partial charge in [0.2, 0.25) is 0 Å². The SMILES string of the molecule is CC.O=C(O)Cn1ncc2c1-c1ccccc1OC2. The lowest BCUT2D eigenvalue weighted by atomic mass is 10.0.